The Labute approximate surface area is 134 Å². The van der Waals surface area contributed by atoms with Crippen LogP contribution in [0.2, 0.25) is 0 Å². The molecule has 2 aromatic rings. The van der Waals surface area contributed by atoms with Crippen molar-refractivity contribution in [1.82, 2.24) is 19.7 Å². The van der Waals surface area contributed by atoms with Crippen molar-refractivity contribution in [3.05, 3.63) is 18.0 Å². The number of ether oxygens (including phenoxy) is 1. The van der Waals surface area contributed by atoms with E-state index in [0.717, 1.165) is 0 Å². The molecule has 2 aromatic heterocycles. The summed E-state index contributed by atoms with van der Waals surface area (Å²) in [6.45, 7) is 0. The molecule has 0 spiro atoms. The molecular weight excluding hydrogens is 298 g/mol. The first-order chi connectivity index (χ1) is 10.8. The normalized spacial score (nSPS) is 10.3. The second-order valence-corrected chi connectivity index (χ2v) is 5.38. The third-order valence-electron chi connectivity index (χ3n) is 3.06. The van der Waals surface area contributed by atoms with Crippen LogP contribution in [0.4, 0.5) is 17.5 Å². The number of aromatic nitrogens is 4. The molecule has 0 aliphatic heterocycles. The van der Waals surface area contributed by atoms with Crippen molar-refractivity contribution in [3.63, 3.8) is 0 Å². The molecule has 1 amide bonds. The summed E-state index contributed by atoms with van der Waals surface area (Å²) >= 11 is 0. The SMILES string of the molecule is COc1nn(C)cc1C(=O)Nc1cnc(N(C)C)nc1N(C)C. The molecule has 0 aromatic carbocycles. The number of hydrogen-bond acceptors (Lipinski definition) is 7. The summed E-state index contributed by atoms with van der Waals surface area (Å²) in [6, 6.07) is 0. The maximum atomic E-state index is 12.5. The molecule has 0 fully saturated rings. The Morgan fingerprint density at radius 3 is 2.52 bits per heavy atom. The summed E-state index contributed by atoms with van der Waals surface area (Å²) in [6.07, 6.45) is 3.18. The van der Waals surface area contributed by atoms with Gasteiger partial charge in [0.05, 0.1) is 13.3 Å². The van der Waals surface area contributed by atoms with E-state index in [2.05, 4.69) is 20.4 Å². The lowest BCUT2D eigenvalue weighted by Crippen LogP contribution is -2.21. The fourth-order valence-electron chi connectivity index (χ4n) is 1.97. The predicted molar refractivity (Wildman–Crippen MR) is 88.4 cm³/mol. The van der Waals surface area contributed by atoms with Crippen LogP contribution in [0.5, 0.6) is 5.88 Å². The van der Waals surface area contributed by atoms with Crippen molar-refractivity contribution in [2.75, 3.05) is 50.4 Å². The smallest absolute Gasteiger partial charge is 0.262 e. The van der Waals surface area contributed by atoms with E-state index >= 15 is 0 Å². The van der Waals surface area contributed by atoms with E-state index in [9.17, 15) is 4.79 Å². The van der Waals surface area contributed by atoms with Crippen LogP contribution in [0.15, 0.2) is 12.4 Å². The van der Waals surface area contributed by atoms with Gasteiger partial charge in [-0.25, -0.2) is 4.98 Å². The second-order valence-electron chi connectivity index (χ2n) is 5.38. The van der Waals surface area contributed by atoms with E-state index in [-0.39, 0.29) is 11.8 Å². The first kappa shape index (κ1) is 16.5. The van der Waals surface area contributed by atoms with Gasteiger partial charge in [0.1, 0.15) is 11.3 Å². The van der Waals surface area contributed by atoms with Gasteiger partial charge in [0.15, 0.2) is 5.82 Å². The molecule has 9 heteroatoms. The zero-order valence-electron chi connectivity index (χ0n) is 14.2. The van der Waals surface area contributed by atoms with E-state index in [1.54, 1.807) is 24.3 Å². The van der Waals surface area contributed by atoms with Crippen LogP contribution in [0.3, 0.4) is 0 Å². The highest BCUT2D eigenvalue weighted by atomic mass is 16.5. The number of methoxy groups -OCH3 is 1. The molecule has 0 atom stereocenters. The van der Waals surface area contributed by atoms with Crippen LogP contribution in [-0.2, 0) is 7.05 Å². The summed E-state index contributed by atoms with van der Waals surface area (Å²) in [7, 11) is 10.6. The maximum Gasteiger partial charge on any atom is 0.262 e. The average Bonchev–Trinajstić information content (AvgIpc) is 2.88. The Morgan fingerprint density at radius 1 is 1.26 bits per heavy atom. The zero-order valence-corrected chi connectivity index (χ0v) is 14.2. The predicted octanol–water partition coefficient (Wildman–Crippen LogP) is 0.603. The molecule has 2 rings (SSSR count). The number of nitrogens with zero attached hydrogens (tertiary/aromatic N) is 6. The summed E-state index contributed by atoms with van der Waals surface area (Å²) in [4.78, 5) is 24.8. The molecule has 1 N–H and O–H groups in total. The molecule has 0 saturated heterocycles. The van der Waals surface area contributed by atoms with Crippen molar-refractivity contribution in [2.24, 2.45) is 7.05 Å². The van der Waals surface area contributed by atoms with Crippen molar-refractivity contribution in [3.8, 4) is 5.88 Å². The second kappa shape index (κ2) is 6.51. The number of hydrogen-bond donors (Lipinski definition) is 1. The van der Waals surface area contributed by atoms with Crippen LogP contribution in [0, 0.1) is 0 Å². The first-order valence-corrected chi connectivity index (χ1v) is 6.94. The Morgan fingerprint density at radius 2 is 1.96 bits per heavy atom. The molecule has 0 radical (unpaired) electrons. The minimum absolute atomic E-state index is 0.266. The average molecular weight is 319 g/mol. The summed E-state index contributed by atoms with van der Waals surface area (Å²) in [5, 5.41) is 6.88. The van der Waals surface area contributed by atoms with Gasteiger partial charge in [0.2, 0.25) is 11.8 Å². The fourth-order valence-corrected chi connectivity index (χ4v) is 1.97. The van der Waals surface area contributed by atoms with E-state index in [1.807, 2.05) is 33.1 Å². The topological polar surface area (TPSA) is 88.4 Å². The summed E-state index contributed by atoms with van der Waals surface area (Å²) in [5.41, 5.74) is 0.855. The number of carbonyl (C=O) groups is 1. The molecule has 0 unspecified atom stereocenters. The van der Waals surface area contributed by atoms with Crippen LogP contribution >= 0.6 is 0 Å². The number of amides is 1. The van der Waals surface area contributed by atoms with Crippen LogP contribution < -0.4 is 19.9 Å². The van der Waals surface area contributed by atoms with Crippen LogP contribution in [0.1, 0.15) is 10.4 Å². The lowest BCUT2D eigenvalue weighted by molar-refractivity contribution is 0.102. The lowest BCUT2D eigenvalue weighted by atomic mass is 10.3. The number of aryl methyl sites for hydroxylation is 1. The van der Waals surface area contributed by atoms with Gasteiger partial charge < -0.3 is 19.9 Å². The Hall–Kier alpha value is -2.84. The molecule has 9 nitrogen and oxygen atoms in total. The Bertz CT molecular complexity index is 709. The quantitative estimate of drug-likeness (QED) is 0.863. The van der Waals surface area contributed by atoms with E-state index in [4.69, 9.17) is 4.74 Å². The molecule has 0 aliphatic carbocycles. The zero-order chi connectivity index (χ0) is 17.1. The highest BCUT2D eigenvalue weighted by Gasteiger charge is 2.19. The Balaban J connectivity index is 2.33. The molecule has 23 heavy (non-hydrogen) atoms. The van der Waals surface area contributed by atoms with E-state index < -0.39 is 0 Å². The summed E-state index contributed by atoms with van der Waals surface area (Å²) < 4.78 is 6.63. The highest BCUT2D eigenvalue weighted by Crippen LogP contribution is 2.25. The molecule has 2 heterocycles. The largest absolute Gasteiger partial charge is 0.479 e. The molecular formula is C14H21N7O2. The van der Waals surface area contributed by atoms with E-state index in [1.165, 1.54) is 11.8 Å². The minimum atomic E-state index is -0.334. The van der Waals surface area contributed by atoms with Crippen molar-refractivity contribution < 1.29 is 9.53 Å². The number of carbonyl (C=O) groups excluding carboxylic acids is 1. The Kier molecular flexibility index (Phi) is 4.68. The minimum Gasteiger partial charge on any atom is -0.479 e. The fraction of sp³-hybridized carbons (Fsp3) is 0.429. The van der Waals surface area contributed by atoms with Crippen molar-refractivity contribution in [1.29, 1.82) is 0 Å². The van der Waals surface area contributed by atoms with Gasteiger partial charge in [-0.2, -0.15) is 4.98 Å². The first-order valence-electron chi connectivity index (χ1n) is 6.94. The van der Waals surface area contributed by atoms with Gasteiger partial charge in [-0.05, 0) is 0 Å². The monoisotopic (exact) mass is 319 g/mol. The van der Waals surface area contributed by atoms with Gasteiger partial charge in [-0.15, -0.1) is 5.10 Å². The molecule has 0 bridgehead atoms. The summed E-state index contributed by atoms with van der Waals surface area (Å²) in [5.74, 6) is 1.10. The van der Waals surface area contributed by atoms with Crippen LogP contribution in [0.25, 0.3) is 0 Å². The van der Waals surface area contributed by atoms with Crippen molar-refractivity contribution in [2.45, 2.75) is 0 Å². The standard InChI is InChI=1S/C14H21N7O2/c1-19(2)11-10(7-15-14(17-11)20(3)4)16-12(22)9-8-21(5)18-13(9)23-6/h7-8H,1-6H3,(H,16,22). The molecule has 0 saturated carbocycles. The third-order valence-corrected chi connectivity index (χ3v) is 3.06. The van der Waals surface area contributed by atoms with Gasteiger partial charge in [0, 0.05) is 41.4 Å². The van der Waals surface area contributed by atoms with Gasteiger partial charge in [-0.1, -0.05) is 0 Å². The molecule has 124 valence electrons. The van der Waals surface area contributed by atoms with Crippen molar-refractivity contribution >= 4 is 23.4 Å². The molecule has 0 aliphatic rings. The number of nitrogens with one attached hydrogen (secondary N) is 1. The lowest BCUT2D eigenvalue weighted by Gasteiger charge is -2.19. The van der Waals surface area contributed by atoms with Crippen LogP contribution in [-0.4, -0.2) is 61.0 Å². The number of rotatable bonds is 5. The number of anilines is 3. The van der Waals surface area contributed by atoms with Gasteiger partial charge in [-0.3, -0.25) is 9.48 Å². The maximum absolute atomic E-state index is 12.5. The van der Waals surface area contributed by atoms with Gasteiger partial charge >= 0.3 is 0 Å². The van der Waals surface area contributed by atoms with E-state index in [0.29, 0.717) is 23.0 Å². The van der Waals surface area contributed by atoms with Gasteiger partial charge in [0.25, 0.3) is 5.91 Å². The third kappa shape index (κ3) is 3.50. The highest BCUT2D eigenvalue weighted by molar-refractivity contribution is 6.06.